The molecule has 8 nitrogen and oxygen atoms in total. The van der Waals surface area contributed by atoms with Gasteiger partial charge in [-0.3, -0.25) is 10.1 Å². The Morgan fingerprint density at radius 3 is 2.62 bits per heavy atom. The first-order chi connectivity index (χ1) is 17.6. The van der Waals surface area contributed by atoms with Crippen molar-refractivity contribution in [3.63, 3.8) is 0 Å². The monoisotopic (exact) mass is 572 g/mol. The van der Waals surface area contributed by atoms with Crippen molar-refractivity contribution in [3.05, 3.63) is 86.1 Å². The number of alkyl halides is 3. The molecule has 12 heteroatoms. The molecule has 1 heterocycles. The number of hydrogen-bond donors (Lipinski definition) is 1. The van der Waals surface area contributed by atoms with Gasteiger partial charge in [0.2, 0.25) is 5.75 Å². The molecule has 4 rings (SSSR count). The minimum atomic E-state index is -4.76. The van der Waals surface area contributed by atoms with Gasteiger partial charge in [-0.1, -0.05) is 12.1 Å². The number of rotatable bonds is 7. The number of benzene rings is 3. The van der Waals surface area contributed by atoms with Gasteiger partial charge in [-0.2, -0.15) is 18.4 Å². The van der Waals surface area contributed by atoms with Gasteiger partial charge in [0.15, 0.2) is 11.5 Å². The number of allylic oxidation sites excluding steroid dienone is 1. The average molecular weight is 573 g/mol. The lowest BCUT2D eigenvalue weighted by Crippen LogP contribution is -2.06. The van der Waals surface area contributed by atoms with Gasteiger partial charge in [0.05, 0.1) is 38.2 Å². The highest BCUT2D eigenvalue weighted by molar-refractivity contribution is 9.10. The zero-order valence-electron chi connectivity index (χ0n) is 19.0. The van der Waals surface area contributed by atoms with Crippen LogP contribution >= 0.6 is 15.9 Å². The summed E-state index contributed by atoms with van der Waals surface area (Å²) in [6.07, 6.45) is -3.19. The molecular formula is C25H16BrF3N4O4. The molecule has 0 aliphatic rings. The Morgan fingerprint density at radius 1 is 1.22 bits per heavy atom. The summed E-state index contributed by atoms with van der Waals surface area (Å²) in [5.41, 5.74) is 0.170. The Bertz CT molecular complexity index is 1540. The van der Waals surface area contributed by atoms with Crippen molar-refractivity contribution in [2.45, 2.75) is 13.1 Å². The van der Waals surface area contributed by atoms with Crippen LogP contribution in [0.15, 0.2) is 59.1 Å². The van der Waals surface area contributed by atoms with E-state index in [-0.39, 0.29) is 23.7 Å². The van der Waals surface area contributed by atoms with E-state index >= 15 is 0 Å². The third-order valence-corrected chi connectivity index (χ3v) is 5.69. The van der Waals surface area contributed by atoms with Crippen molar-refractivity contribution in [2.24, 2.45) is 0 Å². The molecule has 0 spiro atoms. The molecule has 0 bridgehead atoms. The summed E-state index contributed by atoms with van der Waals surface area (Å²) in [5.74, 6) is 0.129. The van der Waals surface area contributed by atoms with Gasteiger partial charge in [0.1, 0.15) is 11.9 Å². The fourth-order valence-electron chi connectivity index (χ4n) is 3.47. The summed E-state index contributed by atoms with van der Waals surface area (Å²) in [7, 11) is 0. The average Bonchev–Trinajstić information content (AvgIpc) is 3.28. The lowest BCUT2D eigenvalue weighted by atomic mass is 10.1. The van der Waals surface area contributed by atoms with Crippen LogP contribution in [0.1, 0.15) is 23.9 Å². The Hall–Kier alpha value is -4.37. The lowest BCUT2D eigenvalue weighted by Gasteiger charge is -2.15. The van der Waals surface area contributed by atoms with Crippen LogP contribution in [0.25, 0.3) is 22.7 Å². The van der Waals surface area contributed by atoms with E-state index in [9.17, 15) is 28.5 Å². The summed E-state index contributed by atoms with van der Waals surface area (Å²) in [5, 5.41) is 21.2. The number of aromatic amines is 1. The van der Waals surface area contributed by atoms with Gasteiger partial charge < -0.3 is 14.5 Å². The van der Waals surface area contributed by atoms with Crippen LogP contribution in [0.5, 0.6) is 17.2 Å². The van der Waals surface area contributed by atoms with Crippen molar-refractivity contribution in [1.82, 2.24) is 9.97 Å². The van der Waals surface area contributed by atoms with Crippen LogP contribution in [0.2, 0.25) is 0 Å². The molecule has 0 fully saturated rings. The Labute approximate surface area is 216 Å². The molecule has 1 N–H and O–H groups in total. The second kappa shape index (κ2) is 10.3. The van der Waals surface area contributed by atoms with E-state index in [1.54, 1.807) is 31.2 Å². The number of nitro groups is 1. The number of fused-ring (bicyclic) bond motifs is 1. The molecule has 3 aromatic carbocycles. The van der Waals surface area contributed by atoms with Gasteiger partial charge >= 0.3 is 11.9 Å². The van der Waals surface area contributed by atoms with Gasteiger partial charge in [0.25, 0.3) is 0 Å². The van der Waals surface area contributed by atoms with Crippen molar-refractivity contribution >= 4 is 44.3 Å². The minimum absolute atomic E-state index is 0.0177. The molecule has 37 heavy (non-hydrogen) atoms. The van der Waals surface area contributed by atoms with E-state index in [1.165, 1.54) is 0 Å². The zero-order chi connectivity index (χ0) is 26.7. The predicted octanol–water partition coefficient (Wildman–Crippen LogP) is 7.51. The minimum Gasteiger partial charge on any atom is -0.490 e. The summed E-state index contributed by atoms with van der Waals surface area (Å²) < 4.78 is 50.8. The Balaban J connectivity index is 1.75. The largest absolute Gasteiger partial charge is 0.490 e. The van der Waals surface area contributed by atoms with Crippen LogP contribution in [0, 0.1) is 21.4 Å². The van der Waals surface area contributed by atoms with E-state index in [0.29, 0.717) is 33.5 Å². The van der Waals surface area contributed by atoms with Crippen molar-refractivity contribution < 1.29 is 27.6 Å². The van der Waals surface area contributed by atoms with Crippen molar-refractivity contribution in [2.75, 3.05) is 6.61 Å². The Kier molecular flexibility index (Phi) is 7.17. The number of para-hydroxylation sites is 2. The number of nitriles is 1. The number of H-pyrrole nitrogens is 1. The quantitative estimate of drug-likeness (QED) is 0.139. The third kappa shape index (κ3) is 5.57. The first-order valence-electron chi connectivity index (χ1n) is 10.7. The molecule has 0 aliphatic carbocycles. The van der Waals surface area contributed by atoms with Gasteiger partial charge in [0, 0.05) is 6.07 Å². The first-order valence-corrected chi connectivity index (χ1v) is 11.5. The standard InChI is InChI=1S/C25H16BrF3N4O4/c1-2-36-22-11-14(9-15(13-30)24-31-18-5-3-4-6-19(18)32-24)10-17(26)23(22)37-21-8-7-16(25(27,28)29)12-20(21)33(34)35/h3-12H,2H2,1H3,(H,31,32)/b15-9+. The maximum Gasteiger partial charge on any atom is 0.416 e. The summed E-state index contributed by atoms with van der Waals surface area (Å²) in [6.45, 7) is 1.90. The summed E-state index contributed by atoms with van der Waals surface area (Å²) in [4.78, 5) is 18.0. The summed E-state index contributed by atoms with van der Waals surface area (Å²) in [6, 6.07) is 14.5. The highest BCUT2D eigenvalue weighted by Gasteiger charge is 2.33. The highest BCUT2D eigenvalue weighted by Crippen LogP contribution is 2.44. The van der Waals surface area contributed by atoms with Gasteiger partial charge in [-0.25, -0.2) is 4.98 Å². The van der Waals surface area contributed by atoms with E-state index in [0.717, 1.165) is 11.6 Å². The topological polar surface area (TPSA) is 114 Å². The van der Waals surface area contributed by atoms with Crippen molar-refractivity contribution in [3.8, 4) is 23.3 Å². The molecule has 0 radical (unpaired) electrons. The van der Waals surface area contributed by atoms with E-state index in [2.05, 4.69) is 32.0 Å². The highest BCUT2D eigenvalue weighted by atomic mass is 79.9. The maximum atomic E-state index is 13.1. The molecule has 1 aromatic heterocycles. The fraction of sp³-hybridized carbons (Fsp3) is 0.120. The summed E-state index contributed by atoms with van der Waals surface area (Å²) >= 11 is 3.34. The number of ether oxygens (including phenoxy) is 2. The lowest BCUT2D eigenvalue weighted by molar-refractivity contribution is -0.385. The predicted molar refractivity (Wildman–Crippen MR) is 133 cm³/mol. The molecule has 0 aliphatic heterocycles. The van der Waals surface area contributed by atoms with E-state index in [1.807, 2.05) is 18.2 Å². The van der Waals surface area contributed by atoms with Crippen LogP contribution in [0.4, 0.5) is 18.9 Å². The molecule has 188 valence electrons. The third-order valence-electron chi connectivity index (χ3n) is 5.10. The van der Waals surface area contributed by atoms with Gasteiger partial charge in [-0.15, -0.1) is 0 Å². The Morgan fingerprint density at radius 2 is 1.97 bits per heavy atom. The number of hydrogen-bond acceptors (Lipinski definition) is 6. The van der Waals surface area contributed by atoms with E-state index in [4.69, 9.17) is 9.47 Å². The SMILES string of the molecule is CCOc1cc(/C=C(\C#N)c2nc3ccccc3[nH]2)cc(Br)c1Oc1ccc(C(F)(F)F)cc1[N+](=O)[O-]. The molecular weight excluding hydrogens is 557 g/mol. The second-order valence-corrected chi connectivity index (χ2v) is 8.43. The fourth-order valence-corrected chi connectivity index (χ4v) is 4.01. The molecule has 0 saturated heterocycles. The number of imidazole rings is 1. The van der Waals surface area contributed by atoms with Crippen LogP contribution in [-0.4, -0.2) is 21.5 Å². The number of nitro benzene ring substituents is 1. The molecule has 0 saturated carbocycles. The number of nitrogens with zero attached hydrogens (tertiary/aromatic N) is 3. The number of nitrogens with one attached hydrogen (secondary N) is 1. The van der Waals surface area contributed by atoms with Crippen LogP contribution in [-0.2, 0) is 6.18 Å². The number of halogens is 4. The molecule has 0 amide bonds. The normalized spacial score (nSPS) is 11.8. The van der Waals surface area contributed by atoms with Gasteiger partial charge in [-0.05, 0) is 70.9 Å². The smallest absolute Gasteiger partial charge is 0.416 e. The maximum absolute atomic E-state index is 13.1. The first kappa shape index (κ1) is 25.7. The van der Waals surface area contributed by atoms with E-state index < -0.39 is 28.1 Å². The number of aromatic nitrogens is 2. The molecule has 0 atom stereocenters. The van der Waals surface area contributed by atoms with Crippen LogP contribution in [0.3, 0.4) is 0 Å². The second-order valence-electron chi connectivity index (χ2n) is 7.57. The zero-order valence-corrected chi connectivity index (χ0v) is 20.6. The molecule has 0 unspecified atom stereocenters. The van der Waals surface area contributed by atoms with Crippen molar-refractivity contribution in [1.29, 1.82) is 5.26 Å². The molecule has 4 aromatic rings. The van der Waals surface area contributed by atoms with Crippen LogP contribution < -0.4 is 9.47 Å².